The van der Waals surface area contributed by atoms with Crippen molar-refractivity contribution in [3.63, 3.8) is 0 Å². The highest BCUT2D eigenvalue weighted by Crippen LogP contribution is 2.45. The van der Waals surface area contributed by atoms with Crippen molar-refractivity contribution in [2.45, 2.75) is 0 Å². The highest BCUT2D eigenvalue weighted by Gasteiger charge is 2.18. The molecule has 0 atom stereocenters. The number of hydrogen-bond acceptors (Lipinski definition) is 3. The third-order valence-electron chi connectivity index (χ3n) is 9.89. The molecule has 0 amide bonds. The van der Waals surface area contributed by atoms with Crippen molar-refractivity contribution in [1.82, 2.24) is 0 Å². The maximum Gasteiger partial charge on any atom is 0.0468 e. The van der Waals surface area contributed by atoms with E-state index < -0.39 is 0 Å². The first-order valence-electron chi connectivity index (χ1n) is 17.2. The Morgan fingerprint density at radius 2 is 0.804 bits per heavy atom. The fourth-order valence-corrected chi connectivity index (χ4v) is 9.66. The number of fused-ring (bicyclic) bond motifs is 6. The standard InChI is InChI=1S/C48H31NS2/c1-3-10-32(11-4-1)34-18-23-37(24-19-34)49(38-25-20-35(21-26-38)33-12-5-2-6-13-33)39-27-29-45-43(31-39)48-40(15-9-17-46(48)50-45)36-22-28-42-41-14-7-8-16-44(41)51-47(42)30-36/h1-31H. The van der Waals surface area contributed by atoms with Gasteiger partial charge in [-0.1, -0.05) is 127 Å². The second kappa shape index (κ2) is 12.4. The molecular weight excluding hydrogens is 655 g/mol. The van der Waals surface area contributed by atoms with Crippen molar-refractivity contribution in [3.05, 3.63) is 188 Å². The molecule has 51 heavy (non-hydrogen) atoms. The molecule has 3 heteroatoms. The Morgan fingerprint density at radius 1 is 0.294 bits per heavy atom. The molecule has 0 radical (unpaired) electrons. The second-order valence-corrected chi connectivity index (χ2v) is 15.1. The normalized spacial score (nSPS) is 11.5. The Balaban J connectivity index is 1.12. The Kier molecular flexibility index (Phi) is 7.26. The molecule has 0 saturated carbocycles. The third-order valence-corrected chi connectivity index (χ3v) is 12.2. The van der Waals surface area contributed by atoms with Gasteiger partial charge in [-0.05, 0) is 94.0 Å². The van der Waals surface area contributed by atoms with E-state index in [-0.39, 0.29) is 0 Å². The molecule has 2 aromatic heterocycles. The molecule has 0 N–H and O–H groups in total. The largest absolute Gasteiger partial charge is 0.310 e. The SMILES string of the molecule is c1ccc(-c2ccc(N(c3ccc(-c4ccccc4)cc3)c3ccc4sc5cccc(-c6ccc7c(c6)sc6ccccc67)c5c4c3)cc2)cc1. The van der Waals surface area contributed by atoms with Gasteiger partial charge in [0.1, 0.15) is 0 Å². The topological polar surface area (TPSA) is 3.24 Å². The zero-order valence-electron chi connectivity index (χ0n) is 27.7. The number of benzene rings is 8. The van der Waals surface area contributed by atoms with E-state index in [0.717, 1.165) is 17.1 Å². The Hall–Kier alpha value is -6.00. The summed E-state index contributed by atoms with van der Waals surface area (Å²) in [5.74, 6) is 0. The Bertz CT molecular complexity index is 2750. The van der Waals surface area contributed by atoms with Gasteiger partial charge >= 0.3 is 0 Å². The molecule has 1 nitrogen and oxygen atoms in total. The van der Waals surface area contributed by atoms with Crippen LogP contribution in [0.2, 0.25) is 0 Å². The fraction of sp³-hybridized carbons (Fsp3) is 0. The summed E-state index contributed by atoms with van der Waals surface area (Å²) in [6.45, 7) is 0. The van der Waals surface area contributed by atoms with Crippen molar-refractivity contribution in [1.29, 1.82) is 0 Å². The fourth-order valence-electron chi connectivity index (χ4n) is 7.40. The smallest absolute Gasteiger partial charge is 0.0468 e. The molecule has 2 heterocycles. The van der Waals surface area contributed by atoms with E-state index in [9.17, 15) is 0 Å². The van der Waals surface area contributed by atoms with Crippen LogP contribution in [0.5, 0.6) is 0 Å². The van der Waals surface area contributed by atoms with E-state index >= 15 is 0 Å². The number of rotatable bonds is 6. The highest BCUT2D eigenvalue weighted by atomic mass is 32.1. The molecule has 0 aliphatic rings. The summed E-state index contributed by atoms with van der Waals surface area (Å²) < 4.78 is 5.27. The predicted octanol–water partition coefficient (Wildman–Crippen LogP) is 14.9. The first kappa shape index (κ1) is 29.9. The molecule has 0 aliphatic carbocycles. The van der Waals surface area contributed by atoms with Gasteiger partial charge in [0.05, 0.1) is 0 Å². The highest BCUT2D eigenvalue weighted by molar-refractivity contribution is 7.26. The van der Waals surface area contributed by atoms with Crippen LogP contribution in [0, 0.1) is 0 Å². The van der Waals surface area contributed by atoms with Gasteiger partial charge in [0, 0.05) is 57.4 Å². The molecule has 0 saturated heterocycles. The minimum absolute atomic E-state index is 1.12. The van der Waals surface area contributed by atoms with E-state index in [0.29, 0.717) is 0 Å². The quantitative estimate of drug-likeness (QED) is 0.168. The van der Waals surface area contributed by atoms with Crippen LogP contribution in [0.15, 0.2) is 188 Å². The lowest BCUT2D eigenvalue weighted by Gasteiger charge is -2.26. The maximum atomic E-state index is 2.39. The molecule has 0 unspecified atom stereocenters. The zero-order chi connectivity index (χ0) is 33.7. The lowest BCUT2D eigenvalue weighted by atomic mass is 9.98. The second-order valence-electron chi connectivity index (χ2n) is 12.9. The van der Waals surface area contributed by atoms with Crippen LogP contribution >= 0.6 is 22.7 Å². The molecule has 0 bridgehead atoms. The lowest BCUT2D eigenvalue weighted by molar-refractivity contribution is 1.29. The van der Waals surface area contributed by atoms with E-state index in [2.05, 4.69) is 193 Å². The molecular formula is C48H31NS2. The summed E-state index contributed by atoms with van der Waals surface area (Å²) in [5.41, 5.74) is 10.8. The van der Waals surface area contributed by atoms with Crippen LogP contribution < -0.4 is 4.90 Å². The van der Waals surface area contributed by atoms with Crippen LogP contribution in [0.1, 0.15) is 0 Å². The number of hydrogen-bond donors (Lipinski definition) is 0. The summed E-state index contributed by atoms with van der Waals surface area (Å²) in [4.78, 5) is 2.39. The summed E-state index contributed by atoms with van der Waals surface area (Å²) in [7, 11) is 0. The first-order chi connectivity index (χ1) is 25.3. The molecule has 10 aromatic rings. The minimum atomic E-state index is 1.12. The van der Waals surface area contributed by atoms with Gasteiger partial charge in [-0.2, -0.15) is 0 Å². The van der Waals surface area contributed by atoms with Gasteiger partial charge in [-0.25, -0.2) is 0 Å². The summed E-state index contributed by atoms with van der Waals surface area (Å²) >= 11 is 3.75. The molecule has 8 aromatic carbocycles. The average molecular weight is 686 g/mol. The Labute approximate surface area is 304 Å². The van der Waals surface area contributed by atoms with Gasteiger partial charge in [0.25, 0.3) is 0 Å². The maximum absolute atomic E-state index is 2.39. The number of nitrogens with zero attached hydrogens (tertiary/aromatic N) is 1. The van der Waals surface area contributed by atoms with E-state index in [1.807, 2.05) is 22.7 Å². The van der Waals surface area contributed by atoms with Gasteiger partial charge in [-0.15, -0.1) is 22.7 Å². The van der Waals surface area contributed by atoms with Crippen LogP contribution in [0.25, 0.3) is 73.7 Å². The summed E-state index contributed by atoms with van der Waals surface area (Å²) in [6.07, 6.45) is 0. The van der Waals surface area contributed by atoms with E-state index in [1.54, 1.807) is 0 Å². The summed E-state index contributed by atoms with van der Waals surface area (Å²) in [6, 6.07) is 68.6. The molecule has 0 aliphatic heterocycles. The van der Waals surface area contributed by atoms with Gasteiger partial charge in [0.15, 0.2) is 0 Å². The molecule has 10 rings (SSSR count). The first-order valence-corrected chi connectivity index (χ1v) is 18.9. The van der Waals surface area contributed by atoms with Gasteiger partial charge in [-0.3, -0.25) is 0 Å². The van der Waals surface area contributed by atoms with Crippen molar-refractivity contribution >= 4 is 80.1 Å². The van der Waals surface area contributed by atoms with Crippen LogP contribution in [-0.4, -0.2) is 0 Å². The van der Waals surface area contributed by atoms with Crippen LogP contribution in [0.4, 0.5) is 17.1 Å². The Morgan fingerprint density at radius 3 is 1.49 bits per heavy atom. The van der Waals surface area contributed by atoms with Crippen LogP contribution in [0.3, 0.4) is 0 Å². The van der Waals surface area contributed by atoms with E-state index in [4.69, 9.17) is 0 Å². The lowest BCUT2D eigenvalue weighted by Crippen LogP contribution is -2.09. The van der Waals surface area contributed by atoms with Crippen LogP contribution in [-0.2, 0) is 0 Å². The van der Waals surface area contributed by atoms with Crippen molar-refractivity contribution < 1.29 is 0 Å². The van der Waals surface area contributed by atoms with E-state index in [1.165, 1.54) is 73.7 Å². The van der Waals surface area contributed by atoms with Crippen molar-refractivity contribution in [2.75, 3.05) is 4.90 Å². The number of anilines is 3. The predicted molar refractivity (Wildman–Crippen MR) is 223 cm³/mol. The summed E-state index contributed by atoms with van der Waals surface area (Å²) in [5, 5.41) is 5.27. The monoisotopic (exact) mass is 685 g/mol. The van der Waals surface area contributed by atoms with Crippen molar-refractivity contribution in [2.24, 2.45) is 0 Å². The molecule has 0 spiro atoms. The minimum Gasteiger partial charge on any atom is -0.310 e. The van der Waals surface area contributed by atoms with Gasteiger partial charge < -0.3 is 4.90 Å². The molecule has 240 valence electrons. The molecule has 0 fully saturated rings. The zero-order valence-corrected chi connectivity index (χ0v) is 29.3. The average Bonchev–Trinajstić information content (AvgIpc) is 3.77. The third kappa shape index (κ3) is 5.30. The number of thiophene rings is 2. The van der Waals surface area contributed by atoms with Crippen molar-refractivity contribution in [3.8, 4) is 33.4 Å². The van der Waals surface area contributed by atoms with Gasteiger partial charge in [0.2, 0.25) is 0 Å².